The molecule has 3 heterocycles. The van der Waals surface area contributed by atoms with Gasteiger partial charge in [0, 0.05) is 19.1 Å². The average molecular weight is 294 g/mol. The molecule has 3 rings (SSSR count). The molecule has 3 saturated heterocycles. The van der Waals surface area contributed by atoms with Crippen LogP contribution < -0.4 is 5.32 Å². The summed E-state index contributed by atoms with van der Waals surface area (Å²) in [5, 5.41) is 13.3. The summed E-state index contributed by atoms with van der Waals surface area (Å²) in [5.74, 6) is -0.157. The Labute approximate surface area is 123 Å². The van der Waals surface area contributed by atoms with E-state index in [0.717, 1.165) is 24.2 Å². The first-order valence-corrected chi connectivity index (χ1v) is 7.35. The Hall–Kier alpha value is -1.61. The smallest absolute Gasteiger partial charge is 0.344 e. The first-order chi connectivity index (χ1) is 10.1. The van der Waals surface area contributed by atoms with Crippen molar-refractivity contribution in [1.29, 1.82) is 0 Å². The second-order valence-corrected chi connectivity index (χ2v) is 5.95. The Morgan fingerprint density at radius 1 is 1.33 bits per heavy atom. The van der Waals surface area contributed by atoms with Crippen LogP contribution in [0.15, 0.2) is 0 Å². The van der Waals surface area contributed by atoms with Crippen molar-refractivity contribution in [3.05, 3.63) is 0 Å². The van der Waals surface area contributed by atoms with Gasteiger partial charge in [0.05, 0.1) is 12.2 Å². The third-order valence-electron chi connectivity index (χ3n) is 4.60. The van der Waals surface area contributed by atoms with Crippen molar-refractivity contribution in [2.75, 3.05) is 19.6 Å². The molecule has 3 aliphatic heterocycles. The fourth-order valence-corrected chi connectivity index (χ4v) is 3.44. The van der Waals surface area contributed by atoms with E-state index in [2.05, 4.69) is 5.32 Å². The van der Waals surface area contributed by atoms with Crippen molar-refractivity contribution in [2.24, 2.45) is 0 Å². The van der Waals surface area contributed by atoms with Crippen molar-refractivity contribution >= 4 is 25.5 Å². The van der Waals surface area contributed by atoms with Crippen LogP contribution in [-0.4, -0.2) is 83.3 Å². The van der Waals surface area contributed by atoms with Crippen LogP contribution >= 0.6 is 0 Å². The van der Waals surface area contributed by atoms with Gasteiger partial charge in [0.2, 0.25) is 5.91 Å². The number of hydrogen-bond acceptors (Lipinski definition) is 5. The minimum atomic E-state index is -0.494. The van der Waals surface area contributed by atoms with Crippen molar-refractivity contribution in [3.8, 4) is 0 Å². The highest BCUT2D eigenvalue weighted by Gasteiger charge is 2.47. The zero-order valence-electron chi connectivity index (χ0n) is 11.8. The lowest BCUT2D eigenvalue weighted by atomic mass is 9.96. The highest BCUT2D eigenvalue weighted by molar-refractivity contribution is 6.64. The van der Waals surface area contributed by atoms with E-state index in [4.69, 9.17) is 0 Å². The molecule has 0 aromatic heterocycles. The summed E-state index contributed by atoms with van der Waals surface area (Å²) in [5.41, 5.74) is 0. The molecule has 0 aromatic rings. The SMILES string of the molecule is O=CBN1CC[C@@H](NC(=O)[C@@H]2CC[C@@H]3CN2C(=O)N3O)C1. The molecule has 2 N–H and O–H groups in total. The molecule has 0 aromatic carbocycles. The maximum atomic E-state index is 12.4. The summed E-state index contributed by atoms with van der Waals surface area (Å²) in [6, 6.07) is -1.13. The molecule has 114 valence electrons. The van der Waals surface area contributed by atoms with E-state index in [1.165, 1.54) is 4.90 Å². The van der Waals surface area contributed by atoms with E-state index in [1.807, 2.05) is 4.81 Å². The maximum absolute atomic E-state index is 12.4. The Balaban J connectivity index is 1.57. The maximum Gasteiger partial charge on any atom is 0.344 e. The van der Waals surface area contributed by atoms with Gasteiger partial charge in [-0.15, -0.1) is 0 Å². The largest absolute Gasteiger partial charge is 0.350 e. The van der Waals surface area contributed by atoms with Gasteiger partial charge in [-0.05, 0) is 25.8 Å². The zero-order valence-corrected chi connectivity index (χ0v) is 11.8. The first-order valence-electron chi connectivity index (χ1n) is 7.35. The normalized spacial score (nSPS) is 32.4. The van der Waals surface area contributed by atoms with Gasteiger partial charge in [-0.3, -0.25) is 10.0 Å². The second kappa shape index (κ2) is 5.65. The fraction of sp³-hybridized carbons (Fsp3) is 0.750. The highest BCUT2D eigenvalue weighted by Crippen LogP contribution is 2.28. The van der Waals surface area contributed by atoms with Gasteiger partial charge in [0.15, 0.2) is 0 Å². The number of carbonyl (C=O) groups is 3. The minimum absolute atomic E-state index is 0.0260. The quantitative estimate of drug-likeness (QED) is 0.369. The zero-order chi connectivity index (χ0) is 15.0. The summed E-state index contributed by atoms with van der Waals surface area (Å²) < 4.78 is 0. The molecule has 3 amide bonds. The van der Waals surface area contributed by atoms with E-state index >= 15 is 0 Å². The number of amides is 3. The topological polar surface area (TPSA) is 93.2 Å². The molecule has 3 fully saturated rings. The van der Waals surface area contributed by atoms with E-state index < -0.39 is 12.1 Å². The molecular weight excluding hydrogens is 275 g/mol. The van der Waals surface area contributed by atoms with Crippen LogP contribution in [0, 0.1) is 0 Å². The highest BCUT2D eigenvalue weighted by atomic mass is 16.5. The van der Waals surface area contributed by atoms with Crippen LogP contribution in [0.25, 0.3) is 0 Å². The van der Waals surface area contributed by atoms with Crippen LogP contribution in [-0.2, 0) is 9.59 Å². The van der Waals surface area contributed by atoms with Crippen molar-refractivity contribution in [3.63, 3.8) is 0 Å². The molecule has 21 heavy (non-hydrogen) atoms. The lowest BCUT2D eigenvalue weighted by Gasteiger charge is -2.30. The molecule has 0 aliphatic carbocycles. The number of carbonyl (C=O) groups excluding carboxylic acids is 3. The number of hydroxylamine groups is 2. The van der Waals surface area contributed by atoms with Gasteiger partial charge < -0.3 is 19.8 Å². The minimum Gasteiger partial charge on any atom is -0.350 e. The fourth-order valence-electron chi connectivity index (χ4n) is 3.44. The molecule has 2 bridgehead atoms. The van der Waals surface area contributed by atoms with E-state index in [9.17, 15) is 19.6 Å². The van der Waals surface area contributed by atoms with Crippen molar-refractivity contribution < 1.29 is 19.6 Å². The van der Waals surface area contributed by atoms with Gasteiger partial charge in [0.1, 0.15) is 6.04 Å². The number of piperidine rings is 1. The number of urea groups is 1. The Morgan fingerprint density at radius 2 is 2.14 bits per heavy atom. The molecule has 0 radical (unpaired) electrons. The molecule has 9 heteroatoms. The Kier molecular flexibility index (Phi) is 3.86. The number of fused-ring (bicyclic) bond motifs is 2. The number of nitrogens with zero attached hydrogens (tertiary/aromatic N) is 3. The molecule has 0 spiro atoms. The van der Waals surface area contributed by atoms with Gasteiger partial charge in [-0.25, -0.2) is 9.86 Å². The van der Waals surface area contributed by atoms with Crippen molar-refractivity contribution in [1.82, 2.24) is 20.1 Å². The first kappa shape index (κ1) is 14.3. The van der Waals surface area contributed by atoms with Crippen molar-refractivity contribution in [2.45, 2.75) is 37.4 Å². The summed E-state index contributed by atoms with van der Waals surface area (Å²) in [7, 11) is 0.390. The summed E-state index contributed by atoms with van der Waals surface area (Å²) in [4.78, 5) is 38.1. The summed E-state index contributed by atoms with van der Waals surface area (Å²) in [6.07, 6.45) is 2.89. The second-order valence-electron chi connectivity index (χ2n) is 5.95. The summed E-state index contributed by atoms with van der Waals surface area (Å²) >= 11 is 0. The van der Waals surface area contributed by atoms with E-state index in [0.29, 0.717) is 33.3 Å². The number of nitrogens with one attached hydrogen (secondary N) is 1. The van der Waals surface area contributed by atoms with Crippen LogP contribution in [0.2, 0.25) is 0 Å². The van der Waals surface area contributed by atoms with Gasteiger partial charge in [-0.2, -0.15) is 0 Å². The Morgan fingerprint density at radius 3 is 2.90 bits per heavy atom. The monoisotopic (exact) mass is 294 g/mol. The van der Waals surface area contributed by atoms with E-state index in [-0.39, 0.29) is 18.0 Å². The predicted octanol–water partition coefficient (Wildman–Crippen LogP) is -1.62. The van der Waals surface area contributed by atoms with Crippen LogP contribution in [0.3, 0.4) is 0 Å². The Bertz CT molecular complexity index is 463. The molecule has 0 saturated carbocycles. The molecule has 8 nitrogen and oxygen atoms in total. The molecular formula is C12H19BN4O4. The van der Waals surface area contributed by atoms with Gasteiger partial charge in [-0.1, -0.05) is 0 Å². The molecule has 3 aliphatic rings. The van der Waals surface area contributed by atoms with Gasteiger partial charge in [0.25, 0.3) is 7.41 Å². The predicted molar refractivity (Wildman–Crippen MR) is 74.6 cm³/mol. The lowest BCUT2D eigenvalue weighted by Crippen LogP contribution is -2.52. The average Bonchev–Trinajstić information content (AvgIpc) is 2.99. The van der Waals surface area contributed by atoms with Crippen LogP contribution in [0.4, 0.5) is 4.79 Å². The summed E-state index contributed by atoms with van der Waals surface area (Å²) in [6.45, 7) is 1.87. The molecule has 0 unspecified atom stereocenters. The number of hydrogen-bond donors (Lipinski definition) is 2. The lowest BCUT2D eigenvalue weighted by molar-refractivity contribution is -0.126. The van der Waals surface area contributed by atoms with E-state index in [1.54, 1.807) is 0 Å². The van der Waals surface area contributed by atoms with Crippen LogP contribution in [0.1, 0.15) is 19.3 Å². The number of rotatable bonds is 4. The third-order valence-corrected chi connectivity index (χ3v) is 4.60. The van der Waals surface area contributed by atoms with Crippen LogP contribution in [0.5, 0.6) is 0 Å². The molecule has 3 atom stereocenters. The third kappa shape index (κ3) is 2.63. The standard InChI is InChI=1S/C12H19BN4O4/c18-7-13-15-4-3-8(5-15)14-11(19)10-2-1-9-6-16(10)12(20)17(9)21/h7-10,13,21H,1-6H2,(H,14,19)/t8-,9-,10+/m1/s1. The van der Waals surface area contributed by atoms with Gasteiger partial charge >= 0.3 is 6.03 Å².